The van der Waals surface area contributed by atoms with Gasteiger partial charge in [-0.1, -0.05) is 22.0 Å². The van der Waals surface area contributed by atoms with Gasteiger partial charge in [-0.15, -0.1) is 0 Å². The van der Waals surface area contributed by atoms with Crippen LogP contribution in [0.25, 0.3) is 0 Å². The molecular formula is C15H14BrFN2O2. The van der Waals surface area contributed by atoms with Gasteiger partial charge in [-0.05, 0) is 36.4 Å². The summed E-state index contributed by atoms with van der Waals surface area (Å²) in [6.07, 6.45) is 0. The zero-order chi connectivity index (χ0) is 15.2. The topological polar surface area (TPSA) is 64.4 Å². The van der Waals surface area contributed by atoms with Crippen molar-refractivity contribution in [2.75, 3.05) is 11.9 Å². The van der Waals surface area contributed by atoms with Crippen molar-refractivity contribution in [3.63, 3.8) is 0 Å². The Kier molecular flexibility index (Phi) is 5.16. The lowest BCUT2D eigenvalue weighted by atomic mass is 10.2. The van der Waals surface area contributed by atoms with E-state index in [1.807, 2.05) is 0 Å². The van der Waals surface area contributed by atoms with Crippen LogP contribution in [0.5, 0.6) is 5.75 Å². The van der Waals surface area contributed by atoms with E-state index >= 15 is 0 Å². The first-order valence-electron chi connectivity index (χ1n) is 6.23. The average molecular weight is 353 g/mol. The molecule has 2 rings (SSSR count). The number of rotatable bonds is 6. The number of halogens is 2. The molecule has 0 atom stereocenters. The van der Waals surface area contributed by atoms with Crippen molar-refractivity contribution in [2.45, 2.75) is 6.54 Å². The van der Waals surface area contributed by atoms with E-state index in [9.17, 15) is 9.18 Å². The zero-order valence-corrected chi connectivity index (χ0v) is 12.7. The maximum Gasteiger partial charge on any atom is 0.255 e. The molecule has 0 unspecified atom stereocenters. The number of hydrogen-bond acceptors (Lipinski definition) is 3. The second kappa shape index (κ2) is 7.08. The van der Waals surface area contributed by atoms with Crippen molar-refractivity contribution in [3.05, 3.63) is 58.3 Å². The highest BCUT2D eigenvalue weighted by Crippen LogP contribution is 2.19. The van der Waals surface area contributed by atoms with Crippen LogP contribution >= 0.6 is 15.9 Å². The number of amides is 1. The summed E-state index contributed by atoms with van der Waals surface area (Å²) in [5.74, 6) is -0.240. The van der Waals surface area contributed by atoms with Crippen LogP contribution in [0.2, 0.25) is 0 Å². The molecule has 0 radical (unpaired) electrons. The molecule has 0 aromatic heterocycles. The number of anilines is 1. The molecule has 2 aromatic rings. The summed E-state index contributed by atoms with van der Waals surface area (Å²) in [6, 6.07) is 11.9. The van der Waals surface area contributed by atoms with Crippen LogP contribution in [-0.4, -0.2) is 12.5 Å². The molecule has 0 saturated heterocycles. The highest BCUT2D eigenvalue weighted by molar-refractivity contribution is 9.10. The van der Waals surface area contributed by atoms with E-state index in [-0.39, 0.29) is 12.4 Å². The zero-order valence-electron chi connectivity index (χ0n) is 11.1. The van der Waals surface area contributed by atoms with Crippen molar-refractivity contribution in [3.8, 4) is 5.75 Å². The van der Waals surface area contributed by atoms with E-state index in [0.717, 1.165) is 5.69 Å². The van der Waals surface area contributed by atoms with Crippen LogP contribution in [0.3, 0.4) is 0 Å². The van der Waals surface area contributed by atoms with Gasteiger partial charge >= 0.3 is 0 Å². The van der Waals surface area contributed by atoms with Crippen molar-refractivity contribution in [2.24, 2.45) is 5.73 Å². The molecule has 2 aromatic carbocycles. The summed E-state index contributed by atoms with van der Waals surface area (Å²) < 4.78 is 19.5. The summed E-state index contributed by atoms with van der Waals surface area (Å²) in [5.41, 5.74) is 6.39. The van der Waals surface area contributed by atoms with E-state index in [4.69, 9.17) is 10.5 Å². The molecule has 3 N–H and O–H groups in total. The number of benzene rings is 2. The number of ether oxygens (including phenoxy) is 1. The molecule has 0 aliphatic heterocycles. The summed E-state index contributed by atoms with van der Waals surface area (Å²) in [7, 11) is 0. The molecule has 110 valence electrons. The Labute approximate surface area is 130 Å². The molecule has 0 fully saturated rings. The Bertz CT molecular complexity index is 632. The molecule has 4 nitrogen and oxygen atoms in total. The number of carbonyl (C=O) groups is 1. The summed E-state index contributed by atoms with van der Waals surface area (Å²) >= 11 is 3.22. The molecule has 0 spiro atoms. The number of hydrogen-bond donors (Lipinski definition) is 2. The van der Waals surface area contributed by atoms with Crippen LogP contribution in [-0.2, 0) is 11.3 Å². The molecule has 6 heteroatoms. The number of carbonyl (C=O) groups excluding carboxylic acids is 1. The van der Waals surface area contributed by atoms with E-state index < -0.39 is 5.91 Å². The Morgan fingerprint density at radius 3 is 2.57 bits per heavy atom. The van der Waals surface area contributed by atoms with Crippen molar-refractivity contribution >= 4 is 27.5 Å². The minimum atomic E-state index is -0.525. The minimum Gasteiger partial charge on any atom is -0.484 e. The number of nitrogens with one attached hydrogen (secondary N) is 1. The Balaban J connectivity index is 1.92. The van der Waals surface area contributed by atoms with Crippen molar-refractivity contribution in [1.82, 2.24) is 0 Å². The van der Waals surface area contributed by atoms with E-state index in [2.05, 4.69) is 21.2 Å². The number of primary amides is 1. The fourth-order valence-corrected chi connectivity index (χ4v) is 2.02. The van der Waals surface area contributed by atoms with Gasteiger partial charge in [-0.3, -0.25) is 4.79 Å². The van der Waals surface area contributed by atoms with Gasteiger partial charge in [0.2, 0.25) is 0 Å². The third-order valence-electron chi connectivity index (χ3n) is 2.73. The average Bonchev–Trinajstić information content (AvgIpc) is 2.45. The van der Waals surface area contributed by atoms with Gasteiger partial charge in [-0.2, -0.15) is 0 Å². The second-order valence-electron chi connectivity index (χ2n) is 4.37. The standard InChI is InChI=1S/C15H14BrFN2O2/c16-11-2-1-10(14(17)7-11)8-19-12-3-5-13(6-4-12)21-9-15(18)20/h1-7,19H,8-9H2,(H2,18,20). The number of nitrogens with two attached hydrogens (primary N) is 1. The van der Waals surface area contributed by atoms with Gasteiger partial charge in [0.1, 0.15) is 11.6 Å². The fourth-order valence-electron chi connectivity index (χ4n) is 1.69. The Hall–Kier alpha value is -2.08. The molecule has 0 saturated carbocycles. The molecule has 0 aliphatic rings. The Morgan fingerprint density at radius 1 is 1.24 bits per heavy atom. The van der Waals surface area contributed by atoms with Crippen molar-refractivity contribution in [1.29, 1.82) is 0 Å². The van der Waals surface area contributed by atoms with Gasteiger partial charge in [0.25, 0.3) is 5.91 Å². The molecule has 0 aliphatic carbocycles. The molecule has 1 amide bonds. The fraction of sp³-hybridized carbons (Fsp3) is 0.133. The lowest BCUT2D eigenvalue weighted by Gasteiger charge is -2.09. The van der Waals surface area contributed by atoms with Crippen LogP contribution in [0.1, 0.15) is 5.56 Å². The van der Waals surface area contributed by atoms with Crippen molar-refractivity contribution < 1.29 is 13.9 Å². The highest BCUT2D eigenvalue weighted by atomic mass is 79.9. The first-order valence-corrected chi connectivity index (χ1v) is 7.03. The SMILES string of the molecule is NC(=O)COc1ccc(NCc2ccc(Br)cc2F)cc1. The van der Waals surface area contributed by atoms with Gasteiger partial charge < -0.3 is 15.8 Å². The van der Waals surface area contributed by atoms with Gasteiger partial charge in [0.15, 0.2) is 6.61 Å². The molecule has 0 heterocycles. The predicted octanol–water partition coefficient (Wildman–Crippen LogP) is 3.06. The van der Waals surface area contributed by atoms with Crippen LogP contribution < -0.4 is 15.8 Å². The molecule has 0 bridgehead atoms. The van der Waals surface area contributed by atoms with Crippen LogP contribution in [0.15, 0.2) is 46.9 Å². The van der Waals surface area contributed by atoms with E-state index in [0.29, 0.717) is 22.3 Å². The van der Waals surface area contributed by atoms with Gasteiger partial charge in [0, 0.05) is 22.3 Å². The smallest absolute Gasteiger partial charge is 0.255 e. The lowest BCUT2D eigenvalue weighted by molar-refractivity contribution is -0.119. The molecular weight excluding hydrogens is 339 g/mol. The normalized spacial score (nSPS) is 10.2. The highest BCUT2D eigenvalue weighted by Gasteiger charge is 2.03. The van der Waals surface area contributed by atoms with Gasteiger partial charge in [0.05, 0.1) is 0 Å². The third kappa shape index (κ3) is 4.75. The maximum atomic E-state index is 13.7. The summed E-state index contributed by atoms with van der Waals surface area (Å²) in [6.45, 7) is 0.220. The second-order valence-corrected chi connectivity index (χ2v) is 5.28. The largest absolute Gasteiger partial charge is 0.484 e. The van der Waals surface area contributed by atoms with Crippen LogP contribution in [0.4, 0.5) is 10.1 Å². The first-order chi connectivity index (χ1) is 10.0. The monoisotopic (exact) mass is 352 g/mol. The Morgan fingerprint density at radius 2 is 1.95 bits per heavy atom. The lowest BCUT2D eigenvalue weighted by Crippen LogP contribution is -2.19. The van der Waals surface area contributed by atoms with Gasteiger partial charge in [-0.25, -0.2) is 4.39 Å². The molecule has 21 heavy (non-hydrogen) atoms. The van der Waals surface area contributed by atoms with E-state index in [1.165, 1.54) is 6.07 Å². The van der Waals surface area contributed by atoms with E-state index in [1.54, 1.807) is 36.4 Å². The third-order valence-corrected chi connectivity index (χ3v) is 3.23. The summed E-state index contributed by atoms with van der Waals surface area (Å²) in [4.78, 5) is 10.6. The minimum absolute atomic E-state index is 0.156. The van der Waals surface area contributed by atoms with Crippen LogP contribution in [0, 0.1) is 5.82 Å². The maximum absolute atomic E-state index is 13.7. The predicted molar refractivity (Wildman–Crippen MR) is 82.6 cm³/mol. The quantitative estimate of drug-likeness (QED) is 0.839. The first kappa shape index (κ1) is 15.3. The summed E-state index contributed by atoms with van der Waals surface area (Å²) in [5, 5.41) is 3.11.